The largest absolute Gasteiger partial charge is 0.508 e. The van der Waals surface area contributed by atoms with Crippen LogP contribution in [0.2, 0.25) is 0 Å². The zero-order valence-electron chi connectivity index (χ0n) is 80.5. The van der Waals surface area contributed by atoms with Gasteiger partial charge in [0.05, 0.1) is 79.5 Å². The van der Waals surface area contributed by atoms with Crippen LogP contribution in [0.1, 0.15) is 290 Å². The standard InChI is InChI=1S/C95H163N19O19S/c1-8-9-10-11-12-13-14-15-16-17-18-19-20-34-85(124)108-75(32-23-26-42-98)93(133)111-72(31-22-25-41-97)79(118)53-67(46-60(2)3)90(130)109-73(33-28-44-106-95(102)103)80(119)54-68(58-115)91(131)110-74(39-45-134-7)84(123)55-71(62(6)116)92(132)114-78(56-86(125)126)82(121)50-64(29-21-24-40-96)88(128)113-77(48-63-35-37-70(117)38-36-63)81(120)51-65(30-27-43-105-94(100)101)89(129)112-76(47-61(4)5)83(122)52-66(87(99)127)49-69-57-104-59-107-69/h35-38,57,59-62,64-68,71-78,115-117H,8-34,39-56,58,96-98H2,1-7H3,(H2,99,127)(H,104,107)(H,108,124)(H,109,130)(H,110,131)(H,111,133)(H,112,129)(H,113,128)(H,114,132)(H,125,126)(H4,100,101,105)(H4,102,103,106)/t62-,64-,65-,66-,67-,68-,71+,72+,73+,74+,75+,76+,77+,78+/m1/s1. The molecule has 0 fully saturated rings. The number of thioether (sulfide) groups is 1. The van der Waals surface area contributed by atoms with Gasteiger partial charge in [0.1, 0.15) is 11.8 Å². The minimum atomic E-state index is -1.92. The van der Waals surface area contributed by atoms with Gasteiger partial charge in [0, 0.05) is 94.1 Å². The number of imidazole rings is 1. The van der Waals surface area contributed by atoms with Crippen LogP contribution in [0.4, 0.5) is 0 Å². The molecule has 0 unspecified atom stereocenters. The number of aromatic amines is 1. The van der Waals surface area contributed by atoms with Crippen LogP contribution >= 0.6 is 11.8 Å². The number of carboxylic acid groups (broad SMARTS) is 1. The number of H-pyrrole nitrogens is 1. The summed E-state index contributed by atoms with van der Waals surface area (Å²) in [5.41, 5.74) is 46.9. The van der Waals surface area contributed by atoms with Gasteiger partial charge < -0.3 is 108 Å². The van der Waals surface area contributed by atoms with Gasteiger partial charge in [-0.2, -0.15) is 11.8 Å². The Morgan fingerprint density at radius 2 is 0.836 bits per heavy atom. The van der Waals surface area contributed by atoms with Crippen molar-refractivity contribution >= 4 is 112 Å². The first-order valence-corrected chi connectivity index (χ1v) is 49.7. The highest BCUT2D eigenvalue weighted by atomic mass is 32.2. The van der Waals surface area contributed by atoms with Crippen molar-refractivity contribution in [1.82, 2.24) is 47.2 Å². The number of nitrogens with zero attached hydrogens (tertiary/aromatic N) is 3. The SMILES string of the molecule is CCCCCCCCCCCCCCCC(=O)N[C@@H](CCCCN)C(=O)N[C@@H](CCCCN)C(=O)C[C@@H](CC(C)C)C(=O)N[C@@H](CCCN=C(N)N)C(=O)C[C@H](CO)C(=O)N[C@@H](CCSC)C(=O)C[C@H](C(=O)N[C@@H](CC(=O)O)C(=O)C[C@@H](CCCCN)C(=O)N[C@@H](Cc1ccc(O)cc1)C(=O)C[C@@H](CCCN=C(N)N)C(=O)N[C@@H](CC(C)C)C(=O)C[C@@H](Cc1cnc[nH]1)C(N)=O)[C@@H](C)O. The van der Waals surface area contributed by atoms with Gasteiger partial charge in [0.15, 0.2) is 46.6 Å². The fraction of sp³-hybridized carbons (Fsp3) is 0.726. The molecule has 2 rings (SSSR count). The maximum absolute atomic E-state index is 15.0. The Labute approximate surface area is 795 Å². The number of phenols is 1. The second-order valence-corrected chi connectivity index (χ2v) is 37.4. The van der Waals surface area contributed by atoms with E-state index in [9.17, 15) is 87.5 Å². The molecule has 0 aliphatic heterocycles. The van der Waals surface area contributed by atoms with Crippen LogP contribution in [0.5, 0.6) is 5.75 Å². The van der Waals surface area contributed by atoms with Crippen molar-refractivity contribution < 1.29 is 92.3 Å². The summed E-state index contributed by atoms with van der Waals surface area (Å²) in [6, 6.07) is -3.77. The number of nitrogens with two attached hydrogens (primary N) is 8. The summed E-state index contributed by atoms with van der Waals surface area (Å²) in [5.74, 6) is -20.7. The number of hydrogen-bond acceptors (Lipinski definition) is 25. The molecule has 134 heavy (non-hydrogen) atoms. The number of aromatic hydroxyl groups is 1. The van der Waals surface area contributed by atoms with Gasteiger partial charge in [-0.1, -0.05) is 130 Å². The molecule has 0 spiro atoms. The van der Waals surface area contributed by atoms with Gasteiger partial charge >= 0.3 is 5.97 Å². The van der Waals surface area contributed by atoms with Gasteiger partial charge in [-0.3, -0.25) is 81.9 Å². The number of unbranched alkanes of at least 4 members (excludes halogenated alkanes) is 15. The number of aromatic nitrogens is 2. The molecule has 1 heterocycles. The van der Waals surface area contributed by atoms with E-state index in [1.165, 1.54) is 99.9 Å². The highest BCUT2D eigenvalue weighted by molar-refractivity contribution is 7.98. The first-order chi connectivity index (χ1) is 63.8. The summed E-state index contributed by atoms with van der Waals surface area (Å²) >= 11 is 1.27. The number of aliphatic hydroxyl groups excluding tert-OH is 2. The highest BCUT2D eigenvalue weighted by Crippen LogP contribution is 2.27. The lowest BCUT2D eigenvalue weighted by Gasteiger charge is -2.27. The molecule has 14 atom stereocenters. The van der Waals surface area contributed by atoms with Crippen LogP contribution in [0.25, 0.3) is 0 Å². The first-order valence-electron chi connectivity index (χ1n) is 48.3. The molecule has 0 saturated heterocycles. The predicted octanol–water partition coefficient (Wildman–Crippen LogP) is 4.90. The first kappa shape index (κ1) is 120. The molecule has 1 aromatic carbocycles. The Morgan fingerprint density at radius 3 is 1.32 bits per heavy atom. The van der Waals surface area contributed by atoms with Crippen molar-refractivity contribution in [3.8, 4) is 5.75 Å². The lowest BCUT2D eigenvalue weighted by Crippen LogP contribution is -2.52. The van der Waals surface area contributed by atoms with Crippen molar-refractivity contribution in [3.63, 3.8) is 0 Å². The van der Waals surface area contributed by atoms with Gasteiger partial charge in [-0.25, -0.2) is 4.98 Å². The van der Waals surface area contributed by atoms with E-state index < -0.39 is 205 Å². The number of ketones is 6. The molecule has 28 N–H and O–H groups in total. The maximum Gasteiger partial charge on any atom is 0.305 e. The molecule has 1 aromatic heterocycles. The monoisotopic (exact) mass is 1910 g/mol. The summed E-state index contributed by atoms with van der Waals surface area (Å²) in [6.07, 6.45) is 16.3. The van der Waals surface area contributed by atoms with Gasteiger partial charge in [-0.05, 0) is 177 Å². The number of carboxylic acids is 1. The van der Waals surface area contributed by atoms with Crippen molar-refractivity contribution in [3.05, 3.63) is 48.0 Å². The molecule has 0 saturated carbocycles. The number of amides is 8. The molecule has 2 aromatic rings. The van der Waals surface area contributed by atoms with E-state index in [1.807, 2.05) is 27.7 Å². The summed E-state index contributed by atoms with van der Waals surface area (Å²) in [6.45, 7) is 10.5. The molecule has 0 bridgehead atoms. The zero-order chi connectivity index (χ0) is 100. The van der Waals surface area contributed by atoms with Gasteiger partial charge in [0.2, 0.25) is 47.3 Å². The van der Waals surface area contributed by atoms with E-state index in [-0.39, 0.29) is 164 Å². The third-order valence-corrected chi connectivity index (χ3v) is 24.4. The number of nitrogens with one attached hydrogen (secondary N) is 8. The number of carbonyl (C=O) groups excluding carboxylic acids is 14. The number of aliphatic imine (C=N–C) groups is 2. The number of carbonyl (C=O) groups is 15. The number of aliphatic hydroxyl groups is 2. The van der Waals surface area contributed by atoms with Crippen LogP contribution in [-0.2, 0) is 84.8 Å². The second kappa shape index (κ2) is 69.9. The Hall–Kier alpha value is -9.83. The average molecular weight is 1910 g/mol. The highest BCUT2D eigenvalue weighted by Gasteiger charge is 2.40. The molecular weight excluding hydrogens is 1740 g/mol. The number of aliphatic carboxylic acids is 1. The van der Waals surface area contributed by atoms with Crippen molar-refractivity contribution in [2.45, 2.75) is 340 Å². The normalized spacial score (nSPS) is 14.6. The Kier molecular flexibility index (Phi) is 62.7. The lowest BCUT2D eigenvalue weighted by atomic mass is 9.87. The molecule has 39 heteroatoms. The van der Waals surface area contributed by atoms with E-state index in [0.29, 0.717) is 62.9 Å². The van der Waals surface area contributed by atoms with Crippen molar-refractivity contribution in [2.75, 3.05) is 51.3 Å². The number of primary amides is 1. The van der Waals surface area contributed by atoms with E-state index in [1.54, 1.807) is 6.26 Å². The number of guanidine groups is 2. The molecule has 8 amide bonds. The number of rotatable bonds is 81. The molecular formula is C95H163N19O19S. The fourth-order valence-electron chi connectivity index (χ4n) is 16.0. The predicted molar refractivity (Wildman–Crippen MR) is 517 cm³/mol. The molecule has 0 radical (unpaired) electrons. The van der Waals surface area contributed by atoms with E-state index >= 15 is 4.79 Å². The van der Waals surface area contributed by atoms with Crippen LogP contribution in [0.15, 0.2) is 46.8 Å². The van der Waals surface area contributed by atoms with Crippen LogP contribution in [0, 0.1) is 47.3 Å². The Balaban J connectivity index is 2.51. The van der Waals surface area contributed by atoms with E-state index in [2.05, 4.69) is 64.1 Å². The topological polar surface area (TPSA) is 683 Å². The fourth-order valence-corrected chi connectivity index (χ4v) is 16.5. The number of benzene rings is 1. The summed E-state index contributed by atoms with van der Waals surface area (Å²) in [5, 5.41) is 61.8. The number of Topliss-reactive ketones (excluding diaryl/α,β-unsaturated/α-hetero) is 6. The minimum absolute atomic E-state index is 0.00355. The molecule has 38 nitrogen and oxygen atoms in total. The number of hydrogen-bond donors (Lipinski definition) is 20. The van der Waals surface area contributed by atoms with Crippen LogP contribution in [-0.4, -0.2) is 230 Å². The second-order valence-electron chi connectivity index (χ2n) is 36.5. The van der Waals surface area contributed by atoms with Crippen molar-refractivity contribution in [1.29, 1.82) is 0 Å². The minimum Gasteiger partial charge on any atom is -0.508 e. The van der Waals surface area contributed by atoms with Gasteiger partial charge in [0.25, 0.3) is 0 Å². The molecule has 0 aliphatic rings. The van der Waals surface area contributed by atoms with Gasteiger partial charge in [-0.15, -0.1) is 0 Å². The molecule has 758 valence electrons. The van der Waals surface area contributed by atoms with Crippen LogP contribution in [0.3, 0.4) is 0 Å². The Bertz CT molecular complexity index is 3920. The smallest absolute Gasteiger partial charge is 0.305 e. The summed E-state index contributed by atoms with van der Waals surface area (Å²) in [7, 11) is 0. The zero-order valence-corrected chi connectivity index (χ0v) is 81.3. The third kappa shape index (κ3) is 52.3. The quantitative estimate of drug-likeness (QED) is 0.0238. The lowest BCUT2D eigenvalue weighted by molar-refractivity contribution is -0.142. The van der Waals surface area contributed by atoms with E-state index in [0.717, 1.165) is 32.6 Å². The van der Waals surface area contributed by atoms with Crippen molar-refractivity contribution in [2.24, 2.45) is 103 Å². The molecule has 0 aliphatic carbocycles. The Morgan fingerprint density at radius 1 is 0.425 bits per heavy atom. The average Bonchev–Trinajstić information content (AvgIpc) is 0.943. The van der Waals surface area contributed by atoms with Crippen LogP contribution < -0.4 is 83.1 Å². The third-order valence-electron chi connectivity index (χ3n) is 23.8. The number of phenolic OH excluding ortho intramolecular Hbond substituents is 1. The summed E-state index contributed by atoms with van der Waals surface area (Å²) < 4.78 is 0. The maximum atomic E-state index is 15.0. The van der Waals surface area contributed by atoms with E-state index in [4.69, 9.17) is 45.9 Å². The summed E-state index contributed by atoms with van der Waals surface area (Å²) in [4.78, 5) is 229.